The molecule has 2 aromatic carbocycles. The summed E-state index contributed by atoms with van der Waals surface area (Å²) >= 11 is 8.80. The van der Waals surface area contributed by atoms with Gasteiger partial charge in [0, 0.05) is 35.1 Å². The molecule has 1 unspecified atom stereocenters. The summed E-state index contributed by atoms with van der Waals surface area (Å²) in [6.45, 7) is 7.29. The Balaban J connectivity index is 1.44. The molecule has 2 amide bonds. The van der Waals surface area contributed by atoms with Gasteiger partial charge in [0.25, 0.3) is 0 Å². The van der Waals surface area contributed by atoms with Crippen molar-refractivity contribution >= 4 is 45.0 Å². The van der Waals surface area contributed by atoms with E-state index >= 15 is 0 Å². The number of aryl methyl sites for hydroxylation is 1. The normalized spacial score (nSPS) is 18.7. The van der Waals surface area contributed by atoms with E-state index < -0.39 is 0 Å². The Morgan fingerprint density at radius 2 is 1.74 bits per heavy atom. The van der Waals surface area contributed by atoms with E-state index in [0.29, 0.717) is 17.3 Å². The highest BCUT2D eigenvalue weighted by Crippen LogP contribution is 2.49. The second-order valence-corrected chi connectivity index (χ2v) is 12.8. The number of carbonyl (C=O) groups is 2. The van der Waals surface area contributed by atoms with Crippen molar-refractivity contribution in [2.75, 3.05) is 0 Å². The minimum Gasteiger partial charge on any atom is -0.373 e. The maximum atomic E-state index is 12.4. The van der Waals surface area contributed by atoms with Crippen molar-refractivity contribution in [3.05, 3.63) is 86.9 Å². The number of likely N-dealkylation sites (tertiary alicyclic amines) is 1. The van der Waals surface area contributed by atoms with Crippen LogP contribution in [0.25, 0.3) is 21.3 Å². The molecule has 6 rings (SSSR count). The number of fused-ring (bicyclic) bond motifs is 3. The highest BCUT2D eigenvalue weighted by molar-refractivity contribution is 7.19. The molecule has 2 aromatic heterocycles. The van der Waals surface area contributed by atoms with Gasteiger partial charge in [0.2, 0.25) is 11.8 Å². The monoisotopic (exact) mass is 558 g/mol. The number of imide groups is 1. The van der Waals surface area contributed by atoms with Gasteiger partial charge < -0.3 is 4.74 Å². The zero-order valence-corrected chi connectivity index (χ0v) is 24.0. The van der Waals surface area contributed by atoms with Gasteiger partial charge in [-0.05, 0) is 35.4 Å². The quantitative estimate of drug-likeness (QED) is 0.233. The third-order valence-corrected chi connectivity index (χ3v) is 9.56. The van der Waals surface area contributed by atoms with Crippen molar-refractivity contribution < 1.29 is 14.3 Å². The van der Waals surface area contributed by atoms with Crippen molar-refractivity contribution in [2.24, 2.45) is 5.41 Å². The highest BCUT2D eigenvalue weighted by atomic mass is 35.5. The van der Waals surface area contributed by atoms with Crippen LogP contribution in [0.2, 0.25) is 5.02 Å². The van der Waals surface area contributed by atoms with E-state index in [4.69, 9.17) is 21.3 Å². The number of amides is 2. The van der Waals surface area contributed by atoms with E-state index in [1.54, 1.807) is 11.3 Å². The number of hydrogen-bond acceptors (Lipinski definition) is 5. The summed E-state index contributed by atoms with van der Waals surface area (Å²) in [6.07, 6.45) is 2.21. The lowest BCUT2D eigenvalue weighted by Crippen LogP contribution is -2.39. The van der Waals surface area contributed by atoms with Crippen LogP contribution in [0.15, 0.2) is 54.6 Å². The lowest BCUT2D eigenvalue weighted by molar-refractivity contribution is -0.139. The largest absolute Gasteiger partial charge is 0.373 e. The van der Waals surface area contributed by atoms with Crippen molar-refractivity contribution in [3.8, 4) is 11.1 Å². The first-order chi connectivity index (χ1) is 18.7. The molecule has 1 aliphatic carbocycles. The SMILES string of the molecule is Cc1ccc(-c2c(Cl)c(CN3C(=O)CCC3=O)nc3sc4c(c23)CC(C)(C)C(OCc2ccccc2)C4)cc1. The van der Waals surface area contributed by atoms with Gasteiger partial charge in [-0.2, -0.15) is 0 Å². The van der Waals surface area contributed by atoms with Crippen molar-refractivity contribution in [1.82, 2.24) is 9.88 Å². The smallest absolute Gasteiger partial charge is 0.230 e. The zero-order chi connectivity index (χ0) is 27.3. The molecule has 7 heteroatoms. The second-order valence-electron chi connectivity index (χ2n) is 11.3. The molecular weight excluding hydrogens is 528 g/mol. The Kier molecular flexibility index (Phi) is 6.82. The maximum Gasteiger partial charge on any atom is 0.230 e. The van der Waals surface area contributed by atoms with Gasteiger partial charge in [0.05, 0.1) is 30.0 Å². The number of halogens is 1. The van der Waals surface area contributed by atoms with Gasteiger partial charge in [-0.25, -0.2) is 4.98 Å². The van der Waals surface area contributed by atoms with E-state index in [1.165, 1.54) is 26.5 Å². The van der Waals surface area contributed by atoms with Crippen LogP contribution in [-0.4, -0.2) is 27.8 Å². The molecule has 0 bridgehead atoms. The van der Waals surface area contributed by atoms with Crippen LogP contribution in [0.1, 0.15) is 54.0 Å². The summed E-state index contributed by atoms with van der Waals surface area (Å²) in [5.41, 5.74) is 6.05. The number of pyridine rings is 1. The lowest BCUT2D eigenvalue weighted by atomic mass is 9.73. The molecule has 2 aliphatic rings. The Bertz CT molecular complexity index is 1560. The first-order valence-corrected chi connectivity index (χ1v) is 14.6. The van der Waals surface area contributed by atoms with Gasteiger partial charge in [-0.3, -0.25) is 14.5 Å². The molecule has 4 aromatic rings. The fraction of sp³-hybridized carbons (Fsp3) is 0.344. The molecular formula is C32H31ClN2O3S. The van der Waals surface area contributed by atoms with E-state index in [-0.39, 0.29) is 42.7 Å². The molecule has 1 fully saturated rings. The average Bonchev–Trinajstić information content (AvgIpc) is 3.42. The number of nitrogens with zero attached hydrogens (tertiary/aromatic N) is 2. The van der Waals surface area contributed by atoms with Gasteiger partial charge in [0.15, 0.2) is 0 Å². The predicted octanol–water partition coefficient (Wildman–Crippen LogP) is 7.28. The number of rotatable bonds is 6. The topological polar surface area (TPSA) is 59.5 Å². The van der Waals surface area contributed by atoms with Crippen LogP contribution in [0.4, 0.5) is 0 Å². The van der Waals surface area contributed by atoms with E-state index in [1.807, 2.05) is 18.2 Å². The van der Waals surface area contributed by atoms with Crippen LogP contribution in [0.5, 0.6) is 0 Å². The van der Waals surface area contributed by atoms with Gasteiger partial charge >= 0.3 is 0 Å². The summed E-state index contributed by atoms with van der Waals surface area (Å²) in [6, 6.07) is 18.6. The summed E-state index contributed by atoms with van der Waals surface area (Å²) in [5, 5.41) is 1.60. The average molecular weight is 559 g/mol. The summed E-state index contributed by atoms with van der Waals surface area (Å²) in [5.74, 6) is -0.332. The minimum absolute atomic E-state index is 0.0656. The highest BCUT2D eigenvalue weighted by Gasteiger charge is 2.39. The molecule has 1 aliphatic heterocycles. The third-order valence-electron chi connectivity index (χ3n) is 8.00. The number of ether oxygens (including phenoxy) is 1. The van der Waals surface area contributed by atoms with Crippen LogP contribution < -0.4 is 0 Å². The van der Waals surface area contributed by atoms with Gasteiger partial charge in [-0.15, -0.1) is 11.3 Å². The first-order valence-electron chi connectivity index (χ1n) is 13.4. The van der Waals surface area contributed by atoms with Crippen molar-refractivity contribution in [2.45, 2.75) is 65.7 Å². The lowest BCUT2D eigenvalue weighted by Gasteiger charge is -2.38. The molecule has 200 valence electrons. The Morgan fingerprint density at radius 1 is 1.05 bits per heavy atom. The maximum absolute atomic E-state index is 12.4. The van der Waals surface area contributed by atoms with Crippen LogP contribution in [0, 0.1) is 12.3 Å². The van der Waals surface area contributed by atoms with E-state index in [9.17, 15) is 9.59 Å². The molecule has 3 heterocycles. The summed E-state index contributed by atoms with van der Waals surface area (Å²) < 4.78 is 6.50. The van der Waals surface area contributed by atoms with Crippen molar-refractivity contribution in [3.63, 3.8) is 0 Å². The Morgan fingerprint density at radius 3 is 2.44 bits per heavy atom. The Hall–Kier alpha value is -3.06. The Labute approximate surface area is 237 Å². The fourth-order valence-electron chi connectivity index (χ4n) is 5.73. The number of hydrogen-bond donors (Lipinski definition) is 0. The molecule has 0 saturated carbocycles. The number of thiophene rings is 1. The summed E-state index contributed by atoms with van der Waals surface area (Å²) in [4.78, 5) is 33.3. The third kappa shape index (κ3) is 4.90. The minimum atomic E-state index is -0.166. The predicted molar refractivity (Wildman–Crippen MR) is 156 cm³/mol. The van der Waals surface area contributed by atoms with Crippen LogP contribution in [-0.2, 0) is 40.3 Å². The number of aromatic nitrogens is 1. The number of benzene rings is 2. The fourth-order valence-corrected chi connectivity index (χ4v) is 7.28. The van der Waals surface area contributed by atoms with E-state index in [0.717, 1.165) is 34.2 Å². The zero-order valence-electron chi connectivity index (χ0n) is 22.4. The molecule has 1 saturated heterocycles. The molecule has 0 radical (unpaired) electrons. The molecule has 0 spiro atoms. The first kappa shape index (κ1) is 26.2. The number of carbonyl (C=O) groups excluding carboxylic acids is 2. The van der Waals surface area contributed by atoms with Gasteiger partial charge in [0.1, 0.15) is 4.83 Å². The van der Waals surface area contributed by atoms with Crippen LogP contribution >= 0.6 is 22.9 Å². The molecule has 5 nitrogen and oxygen atoms in total. The molecule has 1 atom stereocenters. The van der Waals surface area contributed by atoms with E-state index in [2.05, 4.69) is 57.2 Å². The van der Waals surface area contributed by atoms with Crippen LogP contribution in [0.3, 0.4) is 0 Å². The van der Waals surface area contributed by atoms with Gasteiger partial charge in [-0.1, -0.05) is 85.6 Å². The summed E-state index contributed by atoms with van der Waals surface area (Å²) in [7, 11) is 0. The van der Waals surface area contributed by atoms with Crippen molar-refractivity contribution in [1.29, 1.82) is 0 Å². The molecule has 0 N–H and O–H groups in total. The second kappa shape index (κ2) is 10.2. The standard InChI is InChI=1S/C32H31ClN2O3S/c1-19-9-11-21(12-10-19)28-29-22-16-32(2,3)25(38-18-20-7-5-4-6-8-20)15-24(22)39-31(29)34-23(30(28)33)17-35-26(36)13-14-27(35)37/h4-12,25H,13-18H2,1-3H3. The molecule has 39 heavy (non-hydrogen) atoms.